The molecule has 0 aliphatic rings. The molecule has 1 amide bonds. The molecule has 4 aromatic rings. The lowest BCUT2D eigenvalue weighted by molar-refractivity contribution is -0.120. The Balaban J connectivity index is 1.18. The third kappa shape index (κ3) is 8.21. The first-order chi connectivity index (χ1) is 19.0. The van der Waals surface area contributed by atoms with E-state index in [1.165, 1.54) is 19.2 Å². The Hall–Kier alpha value is -4.56. The van der Waals surface area contributed by atoms with Crippen molar-refractivity contribution in [2.24, 2.45) is 0 Å². The Morgan fingerprint density at radius 2 is 1.67 bits per heavy atom. The largest absolute Gasteiger partial charge is 0.492 e. The van der Waals surface area contributed by atoms with Crippen LogP contribution in [0.1, 0.15) is 27.2 Å². The van der Waals surface area contributed by atoms with Crippen LogP contribution in [0.5, 0.6) is 5.75 Å². The number of nitrogens with zero attached hydrogens (tertiary/aromatic N) is 1. The van der Waals surface area contributed by atoms with Crippen molar-refractivity contribution >= 4 is 11.9 Å². The highest BCUT2D eigenvalue weighted by Gasteiger charge is 2.10. The number of benzene rings is 3. The molecule has 0 atom stereocenters. The van der Waals surface area contributed by atoms with Crippen LogP contribution in [0.15, 0.2) is 91.1 Å². The molecule has 0 saturated carbocycles. The van der Waals surface area contributed by atoms with Crippen LogP contribution in [-0.2, 0) is 29.0 Å². The molecule has 1 aromatic heterocycles. The van der Waals surface area contributed by atoms with Gasteiger partial charge in [-0.05, 0) is 41.5 Å². The van der Waals surface area contributed by atoms with Gasteiger partial charge in [-0.25, -0.2) is 9.18 Å². The van der Waals surface area contributed by atoms with Crippen LogP contribution in [0.4, 0.5) is 4.39 Å². The average Bonchev–Trinajstić information content (AvgIpc) is 2.97. The van der Waals surface area contributed by atoms with Gasteiger partial charge in [0.25, 0.3) is 0 Å². The minimum Gasteiger partial charge on any atom is -0.492 e. The molecule has 2 N–H and O–H groups in total. The Labute approximate surface area is 227 Å². The van der Waals surface area contributed by atoms with Gasteiger partial charge in [0.05, 0.1) is 19.1 Å². The highest BCUT2D eigenvalue weighted by atomic mass is 19.1. The number of amides is 1. The van der Waals surface area contributed by atoms with E-state index >= 15 is 0 Å². The molecule has 0 bridgehead atoms. The summed E-state index contributed by atoms with van der Waals surface area (Å²) in [5.74, 6) is -0.387. The fraction of sp³-hybridized carbons (Fsp3) is 0.194. The molecule has 0 fully saturated rings. The van der Waals surface area contributed by atoms with Crippen molar-refractivity contribution in [1.82, 2.24) is 15.6 Å². The maximum atomic E-state index is 14.2. The van der Waals surface area contributed by atoms with Crippen molar-refractivity contribution in [3.8, 4) is 16.9 Å². The second kappa shape index (κ2) is 13.8. The summed E-state index contributed by atoms with van der Waals surface area (Å²) in [4.78, 5) is 28.2. The van der Waals surface area contributed by atoms with Crippen molar-refractivity contribution in [2.75, 3.05) is 20.3 Å². The zero-order valence-electron chi connectivity index (χ0n) is 21.7. The Morgan fingerprint density at radius 1 is 0.897 bits per heavy atom. The molecule has 0 unspecified atom stereocenters. The van der Waals surface area contributed by atoms with Gasteiger partial charge in [0.15, 0.2) is 0 Å². The third-order valence-corrected chi connectivity index (χ3v) is 6.02. The predicted molar refractivity (Wildman–Crippen MR) is 147 cm³/mol. The highest BCUT2D eigenvalue weighted by Crippen LogP contribution is 2.22. The number of hydrogen-bond acceptors (Lipinski definition) is 6. The first-order valence-corrected chi connectivity index (χ1v) is 12.6. The summed E-state index contributed by atoms with van der Waals surface area (Å²) in [6.45, 7) is 1.73. The van der Waals surface area contributed by atoms with E-state index in [4.69, 9.17) is 4.74 Å². The molecule has 4 rings (SSSR count). The molecule has 0 radical (unpaired) electrons. The number of aromatic nitrogens is 1. The van der Waals surface area contributed by atoms with E-state index in [9.17, 15) is 14.0 Å². The lowest BCUT2D eigenvalue weighted by atomic mass is 10.1. The summed E-state index contributed by atoms with van der Waals surface area (Å²) in [6.07, 6.45) is 1.98. The second-order valence-corrected chi connectivity index (χ2v) is 8.82. The smallest absolute Gasteiger partial charge is 0.337 e. The van der Waals surface area contributed by atoms with E-state index in [0.717, 1.165) is 16.7 Å². The fourth-order valence-corrected chi connectivity index (χ4v) is 3.87. The van der Waals surface area contributed by atoms with Crippen molar-refractivity contribution in [2.45, 2.75) is 19.5 Å². The standard InChI is InChI=1S/C31H30FN3O4/c1-38-31(37)24-7-8-26(29(32)17-24)20-33-15-16-39-28-13-10-23(11-14-28)25-9-12-27(34-21-25)18-30(36)35-19-22-5-3-2-4-6-22/h2-14,17,21,33H,15-16,18-20H2,1H3,(H,35,36). The topological polar surface area (TPSA) is 89.5 Å². The molecule has 0 aliphatic heterocycles. The molecule has 7 nitrogen and oxygen atoms in total. The van der Waals surface area contributed by atoms with Gasteiger partial charge in [0.2, 0.25) is 5.91 Å². The minimum absolute atomic E-state index is 0.0725. The summed E-state index contributed by atoms with van der Waals surface area (Å²) in [5.41, 5.74) is 4.32. The van der Waals surface area contributed by atoms with Gasteiger partial charge < -0.3 is 20.1 Å². The zero-order chi connectivity index (χ0) is 27.5. The van der Waals surface area contributed by atoms with E-state index in [-0.39, 0.29) is 17.9 Å². The van der Waals surface area contributed by atoms with Crippen molar-refractivity contribution in [3.05, 3.63) is 119 Å². The van der Waals surface area contributed by atoms with Crippen LogP contribution in [-0.4, -0.2) is 37.1 Å². The molecule has 3 aromatic carbocycles. The summed E-state index contributed by atoms with van der Waals surface area (Å²) in [6, 6.07) is 25.5. The molecule has 0 spiro atoms. The zero-order valence-corrected chi connectivity index (χ0v) is 21.7. The Morgan fingerprint density at radius 3 is 2.36 bits per heavy atom. The number of hydrogen-bond donors (Lipinski definition) is 2. The van der Waals surface area contributed by atoms with Gasteiger partial charge >= 0.3 is 5.97 Å². The van der Waals surface area contributed by atoms with Crippen LogP contribution < -0.4 is 15.4 Å². The lowest BCUT2D eigenvalue weighted by Gasteiger charge is -2.10. The summed E-state index contributed by atoms with van der Waals surface area (Å²) in [7, 11) is 1.26. The number of halogens is 1. The number of esters is 1. The lowest BCUT2D eigenvalue weighted by Crippen LogP contribution is -2.24. The summed E-state index contributed by atoms with van der Waals surface area (Å²) < 4.78 is 24.5. The number of methoxy groups -OCH3 is 1. The summed E-state index contributed by atoms with van der Waals surface area (Å²) in [5, 5.41) is 6.04. The first kappa shape index (κ1) is 27.5. The molecule has 0 saturated heterocycles. The Bertz CT molecular complexity index is 1380. The second-order valence-electron chi connectivity index (χ2n) is 8.82. The van der Waals surface area contributed by atoms with Crippen LogP contribution in [0, 0.1) is 5.82 Å². The van der Waals surface area contributed by atoms with Gasteiger partial charge in [0.1, 0.15) is 18.2 Å². The molecule has 39 heavy (non-hydrogen) atoms. The van der Waals surface area contributed by atoms with E-state index < -0.39 is 11.8 Å². The van der Waals surface area contributed by atoms with Crippen molar-refractivity contribution in [1.29, 1.82) is 0 Å². The number of pyridine rings is 1. The number of ether oxygens (including phenoxy) is 2. The SMILES string of the molecule is COC(=O)c1ccc(CNCCOc2ccc(-c3ccc(CC(=O)NCc4ccccc4)nc3)cc2)c(F)c1. The number of carbonyl (C=O) groups excluding carboxylic acids is 2. The molecule has 8 heteroatoms. The van der Waals surface area contributed by atoms with E-state index in [2.05, 4.69) is 20.4 Å². The fourth-order valence-electron chi connectivity index (χ4n) is 3.87. The van der Waals surface area contributed by atoms with Gasteiger partial charge in [0, 0.05) is 42.7 Å². The van der Waals surface area contributed by atoms with E-state index in [1.807, 2.05) is 66.7 Å². The Kier molecular flexibility index (Phi) is 9.74. The monoisotopic (exact) mass is 527 g/mol. The molecule has 0 aliphatic carbocycles. The van der Waals surface area contributed by atoms with Gasteiger partial charge in [-0.2, -0.15) is 0 Å². The molecule has 200 valence electrons. The minimum atomic E-state index is -0.569. The number of nitrogens with one attached hydrogen (secondary N) is 2. The van der Waals surface area contributed by atoms with E-state index in [0.29, 0.717) is 43.2 Å². The van der Waals surface area contributed by atoms with Crippen LogP contribution in [0.3, 0.4) is 0 Å². The van der Waals surface area contributed by atoms with Gasteiger partial charge in [-0.15, -0.1) is 0 Å². The van der Waals surface area contributed by atoms with E-state index in [1.54, 1.807) is 12.3 Å². The number of carbonyl (C=O) groups is 2. The normalized spacial score (nSPS) is 10.6. The highest BCUT2D eigenvalue weighted by molar-refractivity contribution is 5.89. The number of rotatable bonds is 12. The molecule has 1 heterocycles. The quantitative estimate of drug-likeness (QED) is 0.205. The van der Waals surface area contributed by atoms with Crippen LogP contribution in [0.25, 0.3) is 11.1 Å². The van der Waals surface area contributed by atoms with Gasteiger partial charge in [-0.1, -0.05) is 54.6 Å². The summed E-state index contributed by atoms with van der Waals surface area (Å²) >= 11 is 0. The maximum absolute atomic E-state index is 14.2. The third-order valence-electron chi connectivity index (χ3n) is 6.02. The average molecular weight is 528 g/mol. The van der Waals surface area contributed by atoms with Crippen LogP contribution in [0.2, 0.25) is 0 Å². The molecular formula is C31H30FN3O4. The first-order valence-electron chi connectivity index (χ1n) is 12.6. The van der Waals surface area contributed by atoms with Crippen molar-refractivity contribution in [3.63, 3.8) is 0 Å². The van der Waals surface area contributed by atoms with Gasteiger partial charge in [-0.3, -0.25) is 9.78 Å². The van der Waals surface area contributed by atoms with Crippen molar-refractivity contribution < 1.29 is 23.5 Å². The predicted octanol–water partition coefficient (Wildman–Crippen LogP) is 4.70. The van der Waals surface area contributed by atoms with Crippen LogP contribution >= 0.6 is 0 Å². The molecular weight excluding hydrogens is 497 g/mol. The maximum Gasteiger partial charge on any atom is 0.337 e.